The van der Waals surface area contributed by atoms with E-state index in [0.717, 1.165) is 17.2 Å². The SMILES string of the molecule is COc1cc(-c2cc3cc(CNC4CC4)ccc3n2C(=O)OC(C)(C)C)c2c(c1OS(C)(=O)=O)CNC2=O. The fourth-order valence-electron chi connectivity index (χ4n) is 4.60. The fourth-order valence-corrected chi connectivity index (χ4v) is 5.09. The van der Waals surface area contributed by atoms with Gasteiger partial charge in [0.2, 0.25) is 0 Å². The van der Waals surface area contributed by atoms with Crippen LogP contribution in [0.4, 0.5) is 4.79 Å². The summed E-state index contributed by atoms with van der Waals surface area (Å²) in [5.74, 6) is -0.345. The first-order valence-electron chi connectivity index (χ1n) is 12.4. The first-order valence-corrected chi connectivity index (χ1v) is 14.2. The maximum Gasteiger partial charge on any atom is 0.419 e. The van der Waals surface area contributed by atoms with Crippen LogP contribution in [0.2, 0.25) is 0 Å². The van der Waals surface area contributed by atoms with Crippen molar-refractivity contribution in [2.24, 2.45) is 0 Å². The third-order valence-corrected chi connectivity index (χ3v) is 6.81. The summed E-state index contributed by atoms with van der Waals surface area (Å²) in [6, 6.07) is 9.74. The van der Waals surface area contributed by atoms with Crippen LogP contribution in [0.1, 0.15) is 55.1 Å². The van der Waals surface area contributed by atoms with E-state index in [4.69, 9.17) is 13.7 Å². The Labute approximate surface area is 221 Å². The second-order valence-corrected chi connectivity index (χ2v) is 12.2. The summed E-state index contributed by atoms with van der Waals surface area (Å²) in [5.41, 5.74) is 2.29. The zero-order valence-electron chi connectivity index (χ0n) is 22.0. The van der Waals surface area contributed by atoms with Crippen molar-refractivity contribution in [3.05, 3.63) is 47.0 Å². The van der Waals surface area contributed by atoms with E-state index >= 15 is 0 Å². The molecule has 10 nitrogen and oxygen atoms in total. The van der Waals surface area contributed by atoms with Crippen LogP contribution < -0.4 is 19.6 Å². The number of hydrogen-bond acceptors (Lipinski definition) is 8. The van der Waals surface area contributed by atoms with Crippen LogP contribution in [-0.2, 0) is 27.9 Å². The Morgan fingerprint density at radius 1 is 1.18 bits per heavy atom. The first kappa shape index (κ1) is 26.1. The molecule has 3 aromatic rings. The molecule has 2 aliphatic rings. The highest BCUT2D eigenvalue weighted by molar-refractivity contribution is 7.86. The highest BCUT2D eigenvalue weighted by Crippen LogP contribution is 2.44. The third kappa shape index (κ3) is 5.21. The molecule has 1 fully saturated rings. The normalized spacial score (nSPS) is 15.3. The lowest BCUT2D eigenvalue weighted by atomic mass is 9.98. The zero-order valence-corrected chi connectivity index (χ0v) is 22.8. The first-order chi connectivity index (χ1) is 17.8. The Balaban J connectivity index is 1.73. The molecule has 1 aromatic heterocycles. The van der Waals surface area contributed by atoms with Crippen LogP contribution in [0, 0.1) is 0 Å². The Hall–Kier alpha value is -3.57. The van der Waals surface area contributed by atoms with Crippen molar-refractivity contribution in [2.45, 2.75) is 58.3 Å². The predicted octanol–water partition coefficient (Wildman–Crippen LogP) is 3.93. The second-order valence-electron chi connectivity index (χ2n) is 10.7. The molecule has 0 saturated heterocycles. The number of hydrogen-bond donors (Lipinski definition) is 2. The minimum atomic E-state index is -3.91. The van der Waals surface area contributed by atoms with Gasteiger partial charge in [-0.25, -0.2) is 9.36 Å². The number of amides is 1. The number of fused-ring (bicyclic) bond motifs is 2. The van der Waals surface area contributed by atoms with E-state index in [9.17, 15) is 18.0 Å². The molecular weight excluding hydrogens is 510 g/mol. The summed E-state index contributed by atoms with van der Waals surface area (Å²) < 4.78 is 41.8. The van der Waals surface area contributed by atoms with Crippen molar-refractivity contribution in [2.75, 3.05) is 13.4 Å². The summed E-state index contributed by atoms with van der Waals surface area (Å²) in [5, 5.41) is 7.02. The van der Waals surface area contributed by atoms with Crippen LogP contribution >= 0.6 is 0 Å². The van der Waals surface area contributed by atoms with E-state index in [0.29, 0.717) is 34.9 Å². The number of carbonyl (C=O) groups excluding carboxylic acids is 2. The summed E-state index contributed by atoms with van der Waals surface area (Å²) in [7, 11) is -2.52. The standard InChI is InChI=1S/C27H31N3O7S/c1-27(2,3)36-26(32)30-20-9-6-15(13-28-17-7-8-17)10-16(20)11-21(30)18-12-22(35-4)24(37-38(5,33)34)19-14-29-25(31)23(18)19/h6,9-12,17,28H,7-8,13-14H2,1-5H3,(H,29,31). The lowest BCUT2D eigenvalue weighted by molar-refractivity contribution is 0.0546. The van der Waals surface area contributed by atoms with Gasteiger partial charge in [0.25, 0.3) is 5.91 Å². The Bertz CT molecular complexity index is 1560. The van der Waals surface area contributed by atoms with E-state index < -0.39 is 27.7 Å². The average molecular weight is 542 g/mol. The quantitative estimate of drug-likeness (QED) is 0.431. The van der Waals surface area contributed by atoms with Gasteiger partial charge < -0.3 is 24.3 Å². The van der Waals surface area contributed by atoms with Gasteiger partial charge in [-0.05, 0) is 63.4 Å². The molecule has 1 amide bonds. The maximum absolute atomic E-state index is 13.5. The van der Waals surface area contributed by atoms with Crippen molar-refractivity contribution in [3.63, 3.8) is 0 Å². The number of nitrogens with zero attached hydrogens (tertiary/aromatic N) is 1. The molecule has 1 aliphatic heterocycles. The smallest absolute Gasteiger partial charge is 0.419 e. The summed E-state index contributed by atoms with van der Waals surface area (Å²) in [4.78, 5) is 26.5. The van der Waals surface area contributed by atoms with Crippen LogP contribution in [0.3, 0.4) is 0 Å². The fraction of sp³-hybridized carbons (Fsp3) is 0.407. The minimum absolute atomic E-state index is 0.0485. The molecule has 0 spiro atoms. The van der Waals surface area contributed by atoms with Crippen LogP contribution in [0.25, 0.3) is 22.2 Å². The molecule has 2 aromatic carbocycles. The highest BCUT2D eigenvalue weighted by atomic mass is 32.2. The zero-order chi connectivity index (χ0) is 27.4. The topological polar surface area (TPSA) is 125 Å². The molecule has 2 heterocycles. The number of benzene rings is 2. The van der Waals surface area contributed by atoms with Crippen molar-refractivity contribution in [3.8, 4) is 22.8 Å². The highest BCUT2D eigenvalue weighted by Gasteiger charge is 2.34. The van der Waals surface area contributed by atoms with Crippen molar-refractivity contribution < 1.29 is 31.7 Å². The van der Waals surface area contributed by atoms with Gasteiger partial charge in [-0.3, -0.25) is 4.79 Å². The monoisotopic (exact) mass is 541 g/mol. The maximum atomic E-state index is 13.5. The molecular formula is C27H31N3O7S. The molecule has 0 atom stereocenters. The third-order valence-electron chi connectivity index (χ3n) is 6.34. The van der Waals surface area contributed by atoms with Gasteiger partial charge in [0.1, 0.15) is 5.60 Å². The van der Waals surface area contributed by atoms with Gasteiger partial charge >= 0.3 is 16.2 Å². The number of aromatic nitrogens is 1. The number of methoxy groups -OCH3 is 1. The Morgan fingerprint density at radius 2 is 1.92 bits per heavy atom. The molecule has 202 valence electrons. The van der Waals surface area contributed by atoms with Crippen molar-refractivity contribution >= 4 is 33.0 Å². The number of rotatable bonds is 7. The molecule has 11 heteroatoms. The van der Waals surface area contributed by atoms with E-state index in [1.807, 2.05) is 24.3 Å². The molecule has 5 rings (SSSR count). The lowest BCUT2D eigenvalue weighted by Crippen LogP contribution is -2.27. The Morgan fingerprint density at radius 3 is 2.55 bits per heavy atom. The van der Waals surface area contributed by atoms with Crippen LogP contribution in [-0.4, -0.2) is 50.0 Å². The van der Waals surface area contributed by atoms with Gasteiger partial charge in [0, 0.05) is 35.6 Å². The van der Waals surface area contributed by atoms with Gasteiger partial charge in [-0.1, -0.05) is 6.07 Å². The second kappa shape index (κ2) is 9.32. The predicted molar refractivity (Wildman–Crippen MR) is 142 cm³/mol. The molecule has 0 unspecified atom stereocenters. The number of nitrogens with one attached hydrogen (secondary N) is 2. The van der Waals surface area contributed by atoms with Gasteiger partial charge in [-0.15, -0.1) is 0 Å². The van der Waals surface area contributed by atoms with Crippen LogP contribution in [0.15, 0.2) is 30.3 Å². The molecule has 2 N–H and O–H groups in total. The van der Waals surface area contributed by atoms with Crippen LogP contribution in [0.5, 0.6) is 11.5 Å². The van der Waals surface area contributed by atoms with E-state index in [2.05, 4.69) is 10.6 Å². The number of ether oxygens (including phenoxy) is 2. The molecule has 0 radical (unpaired) electrons. The average Bonchev–Trinajstić information content (AvgIpc) is 3.45. The largest absolute Gasteiger partial charge is 0.493 e. The molecule has 38 heavy (non-hydrogen) atoms. The molecule has 0 bridgehead atoms. The minimum Gasteiger partial charge on any atom is -0.493 e. The summed E-state index contributed by atoms with van der Waals surface area (Å²) >= 11 is 0. The van der Waals surface area contributed by atoms with E-state index in [1.54, 1.807) is 20.8 Å². The van der Waals surface area contributed by atoms with E-state index in [1.165, 1.54) is 30.6 Å². The Kier molecular flexibility index (Phi) is 6.39. The van der Waals surface area contributed by atoms with Crippen molar-refractivity contribution in [1.29, 1.82) is 0 Å². The van der Waals surface area contributed by atoms with Gasteiger partial charge in [-0.2, -0.15) is 8.42 Å². The van der Waals surface area contributed by atoms with E-state index in [-0.39, 0.29) is 23.6 Å². The van der Waals surface area contributed by atoms with Gasteiger partial charge in [0.05, 0.1) is 30.1 Å². The molecule has 1 aliphatic carbocycles. The lowest BCUT2D eigenvalue weighted by Gasteiger charge is -2.22. The number of carbonyl (C=O) groups is 2. The van der Waals surface area contributed by atoms with Crippen molar-refractivity contribution in [1.82, 2.24) is 15.2 Å². The van der Waals surface area contributed by atoms with Gasteiger partial charge in [0.15, 0.2) is 11.5 Å². The summed E-state index contributed by atoms with van der Waals surface area (Å²) in [6.45, 7) is 6.10. The summed E-state index contributed by atoms with van der Waals surface area (Å²) in [6.07, 6.45) is 2.67. The molecule has 1 saturated carbocycles.